The predicted molar refractivity (Wildman–Crippen MR) is 82.6 cm³/mol. The van der Waals surface area contributed by atoms with Gasteiger partial charge < -0.3 is 0 Å². The minimum Gasteiger partial charge on any atom is -0.289 e. The molecule has 21 heavy (non-hydrogen) atoms. The van der Waals surface area contributed by atoms with Gasteiger partial charge in [-0.15, -0.1) is 0 Å². The number of hydrogen-bond donors (Lipinski definition) is 0. The van der Waals surface area contributed by atoms with Crippen molar-refractivity contribution in [3.05, 3.63) is 80.4 Å². The molecule has 0 aliphatic heterocycles. The van der Waals surface area contributed by atoms with Gasteiger partial charge in [0.25, 0.3) is 5.69 Å². The van der Waals surface area contributed by atoms with E-state index in [0.717, 1.165) is 5.56 Å². The third-order valence-corrected chi connectivity index (χ3v) is 3.20. The lowest BCUT2D eigenvalue weighted by Crippen LogP contribution is -1.98. The molecule has 0 atom stereocenters. The van der Waals surface area contributed by atoms with Crippen LogP contribution in [0.3, 0.4) is 0 Å². The van der Waals surface area contributed by atoms with Gasteiger partial charge in [0.05, 0.1) is 4.92 Å². The Morgan fingerprint density at radius 3 is 2.67 bits per heavy atom. The number of aryl methyl sites for hydroxylation is 1. The highest BCUT2D eigenvalue weighted by Crippen LogP contribution is 2.20. The van der Waals surface area contributed by atoms with Crippen molar-refractivity contribution in [3.63, 3.8) is 0 Å². The van der Waals surface area contributed by atoms with Gasteiger partial charge in [0.2, 0.25) is 0 Å². The second-order valence-corrected chi connectivity index (χ2v) is 4.95. The molecule has 0 saturated heterocycles. The highest BCUT2D eigenvalue weighted by molar-refractivity contribution is 6.30. The Morgan fingerprint density at radius 2 is 2.00 bits per heavy atom. The van der Waals surface area contributed by atoms with Gasteiger partial charge >= 0.3 is 0 Å². The van der Waals surface area contributed by atoms with Gasteiger partial charge in [-0.05, 0) is 30.7 Å². The molecular formula is C16H12ClNO3. The van der Waals surface area contributed by atoms with E-state index in [1.54, 1.807) is 43.3 Å². The summed E-state index contributed by atoms with van der Waals surface area (Å²) >= 11 is 5.86. The molecule has 0 bridgehead atoms. The van der Waals surface area contributed by atoms with E-state index in [-0.39, 0.29) is 17.0 Å². The number of carbonyl (C=O) groups excluding carboxylic acids is 1. The van der Waals surface area contributed by atoms with Crippen molar-refractivity contribution < 1.29 is 9.72 Å². The topological polar surface area (TPSA) is 60.2 Å². The van der Waals surface area contributed by atoms with E-state index in [1.165, 1.54) is 12.1 Å². The highest BCUT2D eigenvalue weighted by Gasteiger charge is 2.13. The van der Waals surface area contributed by atoms with Crippen LogP contribution in [0, 0.1) is 17.0 Å². The molecule has 0 radical (unpaired) electrons. The first-order valence-corrected chi connectivity index (χ1v) is 6.58. The Hall–Kier alpha value is -2.46. The number of nitro benzene ring substituents is 1. The third kappa shape index (κ3) is 3.77. The van der Waals surface area contributed by atoms with Crippen LogP contribution in [0.1, 0.15) is 21.5 Å². The van der Waals surface area contributed by atoms with Crippen LogP contribution in [0.25, 0.3) is 6.08 Å². The van der Waals surface area contributed by atoms with E-state index < -0.39 is 4.92 Å². The number of carbonyl (C=O) groups is 1. The number of allylic oxidation sites excluding steroid dienone is 1. The number of halogens is 1. The Kier molecular flexibility index (Phi) is 4.50. The minimum absolute atomic E-state index is 0.0583. The van der Waals surface area contributed by atoms with Crippen molar-refractivity contribution in [1.82, 2.24) is 0 Å². The van der Waals surface area contributed by atoms with Crippen LogP contribution in [-0.4, -0.2) is 10.7 Å². The predicted octanol–water partition coefficient (Wildman–Crippen LogP) is 4.45. The zero-order valence-corrected chi connectivity index (χ0v) is 12.0. The number of ketones is 1. The first-order valence-electron chi connectivity index (χ1n) is 6.20. The quantitative estimate of drug-likeness (QED) is 0.363. The Bertz CT molecular complexity index is 738. The molecule has 0 aliphatic rings. The highest BCUT2D eigenvalue weighted by atomic mass is 35.5. The molecule has 2 rings (SSSR count). The number of rotatable bonds is 4. The molecule has 0 saturated carbocycles. The van der Waals surface area contributed by atoms with Crippen LogP contribution in [0.5, 0.6) is 0 Å². The number of hydrogen-bond acceptors (Lipinski definition) is 3. The molecule has 0 unspecified atom stereocenters. The number of nitrogens with zero attached hydrogens (tertiary/aromatic N) is 1. The van der Waals surface area contributed by atoms with E-state index in [1.807, 2.05) is 6.07 Å². The number of benzene rings is 2. The van der Waals surface area contributed by atoms with Crippen LogP contribution in [-0.2, 0) is 0 Å². The first kappa shape index (κ1) is 14.9. The van der Waals surface area contributed by atoms with Gasteiger partial charge in [-0.2, -0.15) is 0 Å². The zero-order chi connectivity index (χ0) is 15.4. The largest absolute Gasteiger partial charge is 0.289 e. The van der Waals surface area contributed by atoms with Crippen molar-refractivity contribution in [2.75, 3.05) is 0 Å². The molecule has 0 aliphatic carbocycles. The van der Waals surface area contributed by atoms with Crippen molar-refractivity contribution in [1.29, 1.82) is 0 Å². The molecule has 4 nitrogen and oxygen atoms in total. The standard InChI is InChI=1S/C16H12ClNO3/c1-11-5-7-13(10-15(11)18(20)21)16(19)8-6-12-3-2-4-14(17)9-12/h2-10H,1H3/b8-6+. The summed E-state index contributed by atoms with van der Waals surface area (Å²) in [4.78, 5) is 22.4. The van der Waals surface area contributed by atoms with Crippen LogP contribution >= 0.6 is 11.6 Å². The molecule has 2 aromatic rings. The lowest BCUT2D eigenvalue weighted by Gasteiger charge is -2.00. The van der Waals surface area contributed by atoms with Crippen molar-refractivity contribution in [2.45, 2.75) is 6.92 Å². The van der Waals surface area contributed by atoms with Gasteiger partial charge in [-0.25, -0.2) is 0 Å². The fourth-order valence-electron chi connectivity index (χ4n) is 1.84. The van der Waals surface area contributed by atoms with E-state index in [4.69, 9.17) is 11.6 Å². The Morgan fingerprint density at radius 1 is 1.24 bits per heavy atom. The summed E-state index contributed by atoms with van der Waals surface area (Å²) in [5.74, 6) is -0.293. The number of nitro groups is 1. The summed E-state index contributed by atoms with van der Waals surface area (Å²) in [6.45, 7) is 1.63. The maximum Gasteiger partial charge on any atom is 0.273 e. The molecule has 106 valence electrons. The van der Waals surface area contributed by atoms with Crippen LogP contribution < -0.4 is 0 Å². The van der Waals surface area contributed by atoms with Crippen LogP contribution in [0.15, 0.2) is 48.5 Å². The molecule has 0 spiro atoms. The maximum absolute atomic E-state index is 12.0. The second-order valence-electron chi connectivity index (χ2n) is 4.51. The smallest absolute Gasteiger partial charge is 0.273 e. The maximum atomic E-state index is 12.0. The summed E-state index contributed by atoms with van der Waals surface area (Å²) in [6.07, 6.45) is 3.00. The fraction of sp³-hybridized carbons (Fsp3) is 0.0625. The minimum atomic E-state index is -0.493. The molecule has 0 heterocycles. The Labute approximate surface area is 126 Å². The zero-order valence-electron chi connectivity index (χ0n) is 11.2. The van der Waals surface area contributed by atoms with Gasteiger partial charge in [-0.1, -0.05) is 41.9 Å². The summed E-state index contributed by atoms with van der Waals surface area (Å²) in [7, 11) is 0. The lowest BCUT2D eigenvalue weighted by atomic mass is 10.1. The molecule has 5 heteroatoms. The Balaban J connectivity index is 2.25. The van der Waals surface area contributed by atoms with Gasteiger partial charge in [-0.3, -0.25) is 14.9 Å². The third-order valence-electron chi connectivity index (χ3n) is 2.97. The molecule has 0 aromatic heterocycles. The van der Waals surface area contributed by atoms with Gasteiger partial charge in [0.15, 0.2) is 5.78 Å². The van der Waals surface area contributed by atoms with Crippen molar-refractivity contribution in [2.24, 2.45) is 0 Å². The molecule has 2 aromatic carbocycles. The SMILES string of the molecule is Cc1ccc(C(=O)/C=C/c2cccc(Cl)c2)cc1[N+](=O)[O-]. The summed E-state index contributed by atoms with van der Waals surface area (Å²) < 4.78 is 0. The average molecular weight is 302 g/mol. The lowest BCUT2D eigenvalue weighted by molar-refractivity contribution is -0.385. The summed E-state index contributed by atoms with van der Waals surface area (Å²) in [5, 5.41) is 11.5. The fourth-order valence-corrected chi connectivity index (χ4v) is 2.04. The van der Waals surface area contributed by atoms with Crippen molar-refractivity contribution >= 4 is 29.1 Å². The van der Waals surface area contributed by atoms with Crippen LogP contribution in [0.4, 0.5) is 5.69 Å². The van der Waals surface area contributed by atoms with E-state index in [9.17, 15) is 14.9 Å². The summed E-state index contributed by atoms with van der Waals surface area (Å²) in [6, 6.07) is 11.5. The van der Waals surface area contributed by atoms with Crippen molar-refractivity contribution in [3.8, 4) is 0 Å². The van der Waals surface area contributed by atoms with Gasteiger partial charge in [0, 0.05) is 22.2 Å². The van der Waals surface area contributed by atoms with E-state index in [2.05, 4.69) is 0 Å². The van der Waals surface area contributed by atoms with Gasteiger partial charge in [0.1, 0.15) is 0 Å². The van der Waals surface area contributed by atoms with E-state index >= 15 is 0 Å². The average Bonchev–Trinajstić information content (AvgIpc) is 2.45. The van der Waals surface area contributed by atoms with E-state index in [0.29, 0.717) is 10.6 Å². The molecule has 0 fully saturated rings. The first-order chi connectivity index (χ1) is 9.97. The second kappa shape index (κ2) is 6.33. The normalized spacial score (nSPS) is 10.8. The summed E-state index contributed by atoms with van der Waals surface area (Å²) in [5.41, 5.74) is 1.54. The van der Waals surface area contributed by atoms with Crippen LogP contribution in [0.2, 0.25) is 5.02 Å². The molecule has 0 amide bonds. The molecular weight excluding hydrogens is 290 g/mol. The monoisotopic (exact) mass is 301 g/mol. The molecule has 0 N–H and O–H groups in total.